The summed E-state index contributed by atoms with van der Waals surface area (Å²) < 4.78 is 1.70. The molecule has 0 saturated heterocycles. The van der Waals surface area contributed by atoms with E-state index in [9.17, 15) is 9.90 Å². The number of rotatable bonds is 3. The van der Waals surface area contributed by atoms with E-state index in [0.29, 0.717) is 12.1 Å². The van der Waals surface area contributed by atoms with E-state index in [1.807, 2.05) is 12.1 Å². The van der Waals surface area contributed by atoms with Crippen molar-refractivity contribution >= 4 is 37.8 Å². The second kappa shape index (κ2) is 6.86. The topological polar surface area (TPSA) is 49.3 Å². The quantitative estimate of drug-likeness (QED) is 0.829. The van der Waals surface area contributed by atoms with E-state index < -0.39 is 0 Å². The summed E-state index contributed by atoms with van der Waals surface area (Å²) in [5.74, 6) is 0.0871. The smallest absolute Gasteiger partial charge is 0.252 e. The minimum atomic E-state index is -0.276. The number of carbonyl (C=O) groups excluding carboxylic acids is 1. The van der Waals surface area contributed by atoms with E-state index >= 15 is 0 Å². The maximum Gasteiger partial charge on any atom is 0.252 e. The molecule has 1 aliphatic carbocycles. The highest BCUT2D eigenvalue weighted by Gasteiger charge is 2.23. The molecular formula is C14H17Br2NO2. The van der Waals surface area contributed by atoms with E-state index in [-0.39, 0.29) is 17.9 Å². The fraction of sp³-hybridized carbons (Fsp3) is 0.500. The molecule has 2 rings (SSSR count). The highest BCUT2D eigenvalue weighted by molar-refractivity contribution is 9.11. The van der Waals surface area contributed by atoms with Crippen LogP contribution in [0.25, 0.3) is 0 Å². The van der Waals surface area contributed by atoms with Gasteiger partial charge in [-0.3, -0.25) is 4.79 Å². The molecule has 0 radical (unpaired) electrons. The molecule has 0 aromatic heterocycles. The summed E-state index contributed by atoms with van der Waals surface area (Å²) in [5, 5.41) is 12.8. The van der Waals surface area contributed by atoms with Gasteiger partial charge in [-0.2, -0.15) is 0 Å². The van der Waals surface area contributed by atoms with E-state index in [0.717, 1.165) is 34.6 Å². The van der Waals surface area contributed by atoms with Gasteiger partial charge in [-0.15, -0.1) is 0 Å². The molecule has 0 bridgehead atoms. The predicted molar refractivity (Wildman–Crippen MR) is 82.1 cm³/mol. The maximum absolute atomic E-state index is 12.1. The Morgan fingerprint density at radius 2 is 2.05 bits per heavy atom. The first-order valence-corrected chi connectivity index (χ1v) is 8.08. The lowest BCUT2D eigenvalue weighted by molar-refractivity contribution is 0.0662. The van der Waals surface area contributed by atoms with Crippen LogP contribution >= 0.6 is 31.9 Å². The van der Waals surface area contributed by atoms with Crippen LogP contribution in [-0.2, 0) is 0 Å². The molecule has 5 heteroatoms. The molecule has 1 amide bonds. The zero-order valence-electron chi connectivity index (χ0n) is 10.5. The zero-order chi connectivity index (χ0) is 13.8. The van der Waals surface area contributed by atoms with Crippen LogP contribution in [0.1, 0.15) is 36.0 Å². The number of benzene rings is 1. The largest absolute Gasteiger partial charge is 0.393 e. The first-order valence-electron chi connectivity index (χ1n) is 6.49. The normalized spacial score (nSPS) is 23.1. The van der Waals surface area contributed by atoms with Crippen LogP contribution in [0.15, 0.2) is 27.1 Å². The standard InChI is InChI=1S/C14H17Br2NO2/c15-10-5-6-11(12(16)7-10)14(19)17-8-9-3-1-2-4-13(9)18/h5-7,9,13,18H,1-4,8H2,(H,17,19). The fourth-order valence-electron chi connectivity index (χ4n) is 2.42. The molecule has 0 heterocycles. The summed E-state index contributed by atoms with van der Waals surface area (Å²) >= 11 is 6.75. The van der Waals surface area contributed by atoms with Crippen molar-refractivity contribution in [3.05, 3.63) is 32.7 Å². The molecule has 2 unspecified atom stereocenters. The Balaban J connectivity index is 1.93. The van der Waals surface area contributed by atoms with Gasteiger partial charge in [0.15, 0.2) is 0 Å². The summed E-state index contributed by atoms with van der Waals surface area (Å²) in [6, 6.07) is 5.47. The molecule has 1 saturated carbocycles. The number of aliphatic hydroxyl groups excluding tert-OH is 1. The minimum Gasteiger partial charge on any atom is -0.393 e. The fourth-order valence-corrected chi connectivity index (χ4v) is 3.65. The monoisotopic (exact) mass is 389 g/mol. The lowest BCUT2D eigenvalue weighted by atomic mass is 9.86. The molecule has 0 aliphatic heterocycles. The Morgan fingerprint density at radius 1 is 1.32 bits per heavy atom. The Bertz CT molecular complexity index is 465. The molecule has 2 N–H and O–H groups in total. The number of amides is 1. The highest BCUT2D eigenvalue weighted by Crippen LogP contribution is 2.24. The molecule has 1 fully saturated rings. The van der Waals surface area contributed by atoms with Crippen LogP contribution in [0, 0.1) is 5.92 Å². The van der Waals surface area contributed by atoms with Gasteiger partial charge in [0.05, 0.1) is 11.7 Å². The van der Waals surface area contributed by atoms with E-state index in [1.54, 1.807) is 6.07 Å². The van der Waals surface area contributed by atoms with Crippen LogP contribution in [0.2, 0.25) is 0 Å². The number of halogens is 2. The average molecular weight is 391 g/mol. The Labute approximate surface area is 130 Å². The van der Waals surface area contributed by atoms with Gasteiger partial charge in [0.2, 0.25) is 0 Å². The van der Waals surface area contributed by atoms with Crippen molar-refractivity contribution in [3.8, 4) is 0 Å². The van der Waals surface area contributed by atoms with Crippen molar-refractivity contribution in [2.45, 2.75) is 31.8 Å². The van der Waals surface area contributed by atoms with Crippen molar-refractivity contribution in [2.75, 3.05) is 6.54 Å². The van der Waals surface area contributed by atoms with Crippen molar-refractivity contribution in [1.82, 2.24) is 5.32 Å². The van der Waals surface area contributed by atoms with Gasteiger partial charge in [0.25, 0.3) is 5.91 Å². The Morgan fingerprint density at radius 3 is 2.74 bits per heavy atom. The second-order valence-corrected chi connectivity index (χ2v) is 6.72. The number of nitrogens with one attached hydrogen (secondary N) is 1. The number of aliphatic hydroxyl groups is 1. The first kappa shape index (κ1) is 15.0. The summed E-state index contributed by atoms with van der Waals surface area (Å²) in [4.78, 5) is 12.1. The Hall–Kier alpha value is -0.390. The maximum atomic E-state index is 12.1. The summed E-state index contributed by atoms with van der Waals surface area (Å²) in [6.45, 7) is 0.544. The predicted octanol–water partition coefficient (Wildman–Crippen LogP) is 3.49. The van der Waals surface area contributed by atoms with Crippen LogP contribution in [-0.4, -0.2) is 23.7 Å². The van der Waals surface area contributed by atoms with Gasteiger partial charge >= 0.3 is 0 Å². The third-order valence-corrected chi connectivity index (χ3v) is 4.72. The van der Waals surface area contributed by atoms with Crippen LogP contribution in [0.4, 0.5) is 0 Å². The van der Waals surface area contributed by atoms with Gasteiger partial charge in [-0.1, -0.05) is 28.8 Å². The van der Waals surface area contributed by atoms with Gasteiger partial charge < -0.3 is 10.4 Å². The van der Waals surface area contributed by atoms with Gasteiger partial charge in [0, 0.05) is 21.4 Å². The van der Waals surface area contributed by atoms with Crippen molar-refractivity contribution in [1.29, 1.82) is 0 Å². The van der Waals surface area contributed by atoms with Crippen LogP contribution in [0.3, 0.4) is 0 Å². The SMILES string of the molecule is O=C(NCC1CCCCC1O)c1ccc(Br)cc1Br. The first-order chi connectivity index (χ1) is 9.08. The summed E-state index contributed by atoms with van der Waals surface area (Å²) in [5.41, 5.74) is 0.619. The third-order valence-electron chi connectivity index (χ3n) is 3.57. The van der Waals surface area contributed by atoms with E-state index in [2.05, 4.69) is 37.2 Å². The molecule has 0 spiro atoms. The minimum absolute atomic E-state index is 0.0999. The molecule has 1 aromatic rings. The molecule has 2 atom stereocenters. The van der Waals surface area contributed by atoms with Crippen molar-refractivity contribution in [2.24, 2.45) is 5.92 Å². The Kier molecular flexibility index (Phi) is 5.42. The van der Waals surface area contributed by atoms with Crippen molar-refractivity contribution < 1.29 is 9.90 Å². The molecule has 104 valence electrons. The van der Waals surface area contributed by atoms with E-state index in [1.165, 1.54) is 0 Å². The average Bonchev–Trinajstić information content (AvgIpc) is 2.37. The van der Waals surface area contributed by atoms with Gasteiger partial charge in [-0.05, 0) is 47.0 Å². The number of carbonyl (C=O) groups is 1. The highest BCUT2D eigenvalue weighted by atomic mass is 79.9. The molecular weight excluding hydrogens is 374 g/mol. The zero-order valence-corrected chi connectivity index (χ0v) is 13.7. The third kappa shape index (κ3) is 4.04. The molecule has 1 aromatic carbocycles. The summed E-state index contributed by atoms with van der Waals surface area (Å²) in [6.07, 6.45) is 3.79. The number of hydrogen-bond donors (Lipinski definition) is 2. The number of hydrogen-bond acceptors (Lipinski definition) is 2. The summed E-state index contributed by atoms with van der Waals surface area (Å²) in [7, 11) is 0. The molecule has 3 nitrogen and oxygen atoms in total. The van der Waals surface area contributed by atoms with E-state index in [4.69, 9.17) is 0 Å². The second-order valence-electron chi connectivity index (χ2n) is 4.95. The van der Waals surface area contributed by atoms with Gasteiger partial charge in [-0.25, -0.2) is 0 Å². The van der Waals surface area contributed by atoms with Crippen molar-refractivity contribution in [3.63, 3.8) is 0 Å². The van der Waals surface area contributed by atoms with Gasteiger partial charge in [0.1, 0.15) is 0 Å². The lowest BCUT2D eigenvalue weighted by Crippen LogP contribution is -2.36. The molecule has 1 aliphatic rings. The van der Waals surface area contributed by atoms with Crippen LogP contribution < -0.4 is 5.32 Å². The van der Waals surface area contributed by atoms with Crippen LogP contribution in [0.5, 0.6) is 0 Å². The lowest BCUT2D eigenvalue weighted by Gasteiger charge is -2.27. The molecule has 19 heavy (non-hydrogen) atoms.